The van der Waals surface area contributed by atoms with E-state index in [1.165, 1.54) is 71.8 Å². The molecule has 10 aromatic rings. The first-order chi connectivity index (χ1) is 31.2. The number of hydrogen-bond donors (Lipinski definition) is 1. The Balaban J connectivity index is 1.01. The molecule has 0 atom stereocenters. The van der Waals surface area contributed by atoms with Crippen molar-refractivity contribution in [3.63, 3.8) is 0 Å². The molecule has 2 aliphatic rings. The average molecular weight is 825 g/mol. The van der Waals surface area contributed by atoms with Gasteiger partial charge in [0.25, 0.3) is 0 Å². The molecule has 12 rings (SSSR count). The fraction of sp³-hybridized carbons (Fsp3) is 0.100. The summed E-state index contributed by atoms with van der Waals surface area (Å²) < 4.78 is 2.37. The summed E-state index contributed by atoms with van der Waals surface area (Å²) in [4.78, 5) is 8.47. The first-order valence-electron chi connectivity index (χ1n) is 22.3. The third-order valence-corrected chi connectivity index (χ3v) is 14.2. The number of H-pyrrole nitrogens is 1. The van der Waals surface area contributed by atoms with E-state index in [1.54, 1.807) is 0 Å². The molecule has 64 heavy (non-hydrogen) atoms. The number of benzene rings is 8. The monoisotopic (exact) mass is 824 g/mol. The molecule has 308 valence electrons. The molecule has 0 unspecified atom stereocenters. The van der Waals surface area contributed by atoms with Crippen molar-refractivity contribution in [3.8, 4) is 16.8 Å². The lowest BCUT2D eigenvalue weighted by Gasteiger charge is -2.43. The molecule has 4 heterocycles. The van der Waals surface area contributed by atoms with Crippen molar-refractivity contribution in [3.05, 3.63) is 229 Å². The number of aromatic nitrogens is 2. The standard InChI is InChI=1S/C60H48N4/c1-7-47-53(8-2)63(42-29-33-55-46(37-42)44-21-13-16-24-54(44)62(55)40-18-10-9-11-19-40)57-31-26-38(34-49(57)59(47,3)4)39-27-32-58-50(35-39)60(5,6)48-22-14-17-25-56(48)64(58)41-28-30-52-45(36-41)43-20-12-15-23-51(43)61-52/h7-37,61H,1-2H2,3-6H3. The van der Waals surface area contributed by atoms with Crippen molar-refractivity contribution < 1.29 is 0 Å². The average Bonchev–Trinajstić information content (AvgIpc) is 3.87. The van der Waals surface area contributed by atoms with E-state index in [2.05, 4.69) is 236 Å². The molecule has 0 bridgehead atoms. The van der Waals surface area contributed by atoms with Crippen LogP contribution < -0.4 is 9.80 Å². The molecule has 4 nitrogen and oxygen atoms in total. The Morgan fingerprint density at radius 3 is 1.77 bits per heavy atom. The maximum atomic E-state index is 4.39. The van der Waals surface area contributed by atoms with Gasteiger partial charge in [0.05, 0.1) is 28.1 Å². The number of fused-ring (bicyclic) bond motifs is 9. The van der Waals surface area contributed by atoms with Gasteiger partial charge in [-0.2, -0.15) is 0 Å². The highest BCUT2D eigenvalue weighted by Crippen LogP contribution is 2.54. The molecular weight excluding hydrogens is 777 g/mol. The molecule has 0 amide bonds. The summed E-state index contributed by atoms with van der Waals surface area (Å²) in [6, 6.07) is 64.7. The Kier molecular flexibility index (Phi) is 8.20. The van der Waals surface area contributed by atoms with Crippen molar-refractivity contribution in [2.24, 2.45) is 0 Å². The minimum Gasteiger partial charge on any atom is -0.355 e. The van der Waals surface area contributed by atoms with Gasteiger partial charge in [0.2, 0.25) is 0 Å². The van der Waals surface area contributed by atoms with Crippen LogP contribution in [0, 0.1) is 0 Å². The Morgan fingerprint density at radius 2 is 1.00 bits per heavy atom. The van der Waals surface area contributed by atoms with Gasteiger partial charge in [-0.25, -0.2) is 0 Å². The number of rotatable bonds is 6. The van der Waals surface area contributed by atoms with E-state index < -0.39 is 0 Å². The predicted octanol–water partition coefficient (Wildman–Crippen LogP) is 16.2. The van der Waals surface area contributed by atoms with Crippen molar-refractivity contribution >= 4 is 72.0 Å². The molecule has 2 aromatic heterocycles. The lowest BCUT2D eigenvalue weighted by atomic mass is 9.71. The molecule has 8 aromatic carbocycles. The molecule has 0 spiro atoms. The van der Waals surface area contributed by atoms with Crippen LogP contribution in [0.15, 0.2) is 213 Å². The highest BCUT2D eigenvalue weighted by Gasteiger charge is 2.39. The second-order valence-electron chi connectivity index (χ2n) is 18.4. The number of allylic oxidation sites excluding steroid dienone is 3. The van der Waals surface area contributed by atoms with Crippen LogP contribution in [0.1, 0.15) is 44.4 Å². The third kappa shape index (κ3) is 5.35. The molecule has 0 saturated heterocycles. The molecule has 0 fully saturated rings. The maximum Gasteiger partial charge on any atom is 0.0542 e. The molecule has 0 radical (unpaired) electrons. The number of hydrogen-bond acceptors (Lipinski definition) is 2. The minimum atomic E-state index is -0.342. The van der Waals surface area contributed by atoms with E-state index in [1.807, 2.05) is 12.2 Å². The second-order valence-corrected chi connectivity index (χ2v) is 18.4. The van der Waals surface area contributed by atoms with Gasteiger partial charge in [-0.3, -0.25) is 0 Å². The van der Waals surface area contributed by atoms with E-state index in [0.717, 1.165) is 45.1 Å². The maximum absolute atomic E-state index is 4.39. The lowest BCUT2D eigenvalue weighted by molar-refractivity contribution is 0.621. The third-order valence-electron chi connectivity index (χ3n) is 14.2. The van der Waals surface area contributed by atoms with Crippen LogP contribution >= 0.6 is 0 Å². The van der Waals surface area contributed by atoms with E-state index in [0.29, 0.717) is 0 Å². The summed E-state index contributed by atoms with van der Waals surface area (Å²) in [7, 11) is 0. The number of nitrogens with zero attached hydrogens (tertiary/aromatic N) is 3. The van der Waals surface area contributed by atoms with E-state index in [-0.39, 0.29) is 10.8 Å². The summed E-state index contributed by atoms with van der Waals surface area (Å²) in [5.74, 6) is 0. The SMILES string of the molecule is C=CC1=C(C=C)C(C)(C)c2cc(-c3ccc4c(c3)C(C)(C)c3ccccc3N4c3ccc4[nH]c5ccccc5c4c3)ccc2N1c1ccc2c(c1)c1ccccc1n2-c1ccccc1. The lowest BCUT2D eigenvalue weighted by Crippen LogP contribution is -2.33. The fourth-order valence-electron chi connectivity index (χ4n) is 11.1. The number of nitrogens with one attached hydrogen (secondary N) is 1. The van der Waals surface area contributed by atoms with Crippen LogP contribution in [0.5, 0.6) is 0 Å². The van der Waals surface area contributed by atoms with Gasteiger partial charge in [0, 0.05) is 66.2 Å². The Hall–Kier alpha value is -7.82. The van der Waals surface area contributed by atoms with Crippen LogP contribution in [-0.4, -0.2) is 9.55 Å². The topological polar surface area (TPSA) is 27.2 Å². The number of para-hydroxylation sites is 4. The highest BCUT2D eigenvalue weighted by molar-refractivity contribution is 6.11. The van der Waals surface area contributed by atoms with Crippen LogP contribution in [0.2, 0.25) is 0 Å². The first-order valence-corrected chi connectivity index (χ1v) is 22.3. The van der Waals surface area contributed by atoms with E-state index in [9.17, 15) is 0 Å². The summed E-state index contributed by atoms with van der Waals surface area (Å²) in [5, 5.41) is 4.89. The van der Waals surface area contributed by atoms with E-state index in [4.69, 9.17) is 0 Å². The Bertz CT molecular complexity index is 3610. The zero-order valence-corrected chi connectivity index (χ0v) is 36.7. The van der Waals surface area contributed by atoms with Gasteiger partial charge in [0.15, 0.2) is 0 Å². The zero-order chi connectivity index (χ0) is 43.5. The largest absolute Gasteiger partial charge is 0.355 e. The van der Waals surface area contributed by atoms with Gasteiger partial charge in [0.1, 0.15) is 0 Å². The summed E-state index contributed by atoms with van der Waals surface area (Å²) in [5.41, 5.74) is 19.4. The molecule has 1 N–H and O–H groups in total. The van der Waals surface area contributed by atoms with Crippen LogP contribution in [0.4, 0.5) is 28.4 Å². The molecular formula is C60H48N4. The zero-order valence-electron chi connectivity index (χ0n) is 36.7. The fourth-order valence-corrected chi connectivity index (χ4v) is 11.1. The summed E-state index contributed by atoms with van der Waals surface area (Å²) in [6.45, 7) is 18.2. The molecule has 0 saturated carbocycles. The molecule has 2 aliphatic heterocycles. The van der Waals surface area contributed by atoms with Gasteiger partial charge in [-0.1, -0.05) is 132 Å². The minimum absolute atomic E-state index is 0.243. The number of anilines is 5. The molecule has 4 heteroatoms. The predicted molar refractivity (Wildman–Crippen MR) is 271 cm³/mol. The smallest absolute Gasteiger partial charge is 0.0542 e. The quantitative estimate of drug-likeness (QED) is 0.181. The van der Waals surface area contributed by atoms with Crippen LogP contribution in [0.25, 0.3) is 60.4 Å². The number of aromatic amines is 1. The van der Waals surface area contributed by atoms with Crippen molar-refractivity contribution in [1.29, 1.82) is 0 Å². The summed E-state index contributed by atoms with van der Waals surface area (Å²) >= 11 is 0. The van der Waals surface area contributed by atoms with Gasteiger partial charge >= 0.3 is 0 Å². The van der Waals surface area contributed by atoms with Crippen molar-refractivity contribution in [2.75, 3.05) is 9.80 Å². The normalized spacial score (nSPS) is 15.1. The van der Waals surface area contributed by atoms with Gasteiger partial charge in [-0.05, 0) is 130 Å². The first kappa shape index (κ1) is 37.9. The van der Waals surface area contributed by atoms with Crippen molar-refractivity contribution in [1.82, 2.24) is 9.55 Å². The van der Waals surface area contributed by atoms with Gasteiger partial charge < -0.3 is 19.4 Å². The highest BCUT2D eigenvalue weighted by atomic mass is 15.2. The summed E-state index contributed by atoms with van der Waals surface area (Å²) in [6.07, 6.45) is 4.03. The molecule has 0 aliphatic carbocycles. The second kappa shape index (κ2) is 13.8. The van der Waals surface area contributed by atoms with E-state index >= 15 is 0 Å². The van der Waals surface area contributed by atoms with Gasteiger partial charge in [-0.15, -0.1) is 0 Å². The van der Waals surface area contributed by atoms with Crippen molar-refractivity contribution in [2.45, 2.75) is 38.5 Å². The Morgan fingerprint density at radius 1 is 0.422 bits per heavy atom. The Labute approximate surface area is 374 Å². The van der Waals surface area contributed by atoms with Crippen LogP contribution in [0.3, 0.4) is 0 Å². The van der Waals surface area contributed by atoms with Crippen LogP contribution in [-0.2, 0) is 10.8 Å².